The summed E-state index contributed by atoms with van der Waals surface area (Å²) in [5, 5.41) is -1.16. The van der Waals surface area contributed by atoms with Crippen molar-refractivity contribution >= 4 is 135 Å². The molecular weight excluding hydrogens is 831 g/mol. The minimum atomic E-state index is -4.60. The van der Waals surface area contributed by atoms with Crippen LogP contribution in [0.3, 0.4) is 0 Å². The van der Waals surface area contributed by atoms with Gasteiger partial charge in [0.05, 0.1) is 59.9 Å². The Balaban J connectivity index is 0.000000563. The van der Waals surface area contributed by atoms with Crippen molar-refractivity contribution in [3.05, 3.63) is 81.6 Å². The number of halogens is 9. The summed E-state index contributed by atoms with van der Waals surface area (Å²) in [7, 11) is -13.8. The van der Waals surface area contributed by atoms with E-state index in [1.807, 2.05) is 0 Å². The molecule has 0 saturated carbocycles. The first-order valence-electron chi connectivity index (χ1n) is 8.80. The normalized spacial score (nSPS) is 11.4. The van der Waals surface area contributed by atoms with E-state index in [-0.39, 0.29) is 62.3 Å². The summed E-state index contributed by atoms with van der Waals surface area (Å²) in [4.78, 5) is -1.70. The van der Waals surface area contributed by atoms with Gasteiger partial charge in [-0.25, -0.2) is 25.3 Å². The van der Waals surface area contributed by atoms with E-state index in [0.717, 1.165) is 18.2 Å². The Bertz CT molecular complexity index is 1530. The molecule has 0 heterocycles. The van der Waals surface area contributed by atoms with Crippen molar-refractivity contribution in [1.29, 1.82) is 0 Å². The fourth-order valence-corrected chi connectivity index (χ4v) is 6.40. The molecule has 9 nitrogen and oxygen atoms in total. The van der Waals surface area contributed by atoms with Gasteiger partial charge in [-0.15, -0.1) is 0 Å². The molecule has 0 unspecified atom stereocenters. The Morgan fingerprint density at radius 2 is 0.550 bits per heavy atom. The minimum absolute atomic E-state index is 0. The fourth-order valence-electron chi connectivity index (χ4n) is 2.10. The molecule has 1 radical (unpaired) electrons. The smallest absolute Gasteiger partial charge is 0.744 e. The van der Waals surface area contributed by atoms with Crippen LogP contribution in [-0.4, -0.2) is 38.9 Å². The molecule has 0 N–H and O–H groups in total. The second-order valence-electron chi connectivity index (χ2n) is 6.38. The summed E-state index contributed by atoms with van der Waals surface area (Å²) >= 11 is 49.6. The molecule has 3 aromatic carbocycles. The summed E-state index contributed by atoms with van der Waals surface area (Å²) in [5.41, 5.74) is 0. The molecule has 0 aliphatic carbocycles. The van der Waals surface area contributed by atoms with Gasteiger partial charge in [0.15, 0.2) is 0 Å². The summed E-state index contributed by atoms with van der Waals surface area (Å²) in [5.74, 6) is 0. The van der Waals surface area contributed by atoms with Crippen molar-refractivity contribution in [2.24, 2.45) is 0 Å². The van der Waals surface area contributed by atoms with Crippen molar-refractivity contribution in [2.75, 3.05) is 0 Å². The van der Waals surface area contributed by atoms with Gasteiger partial charge < -0.3 is 13.7 Å². The van der Waals surface area contributed by atoms with Crippen molar-refractivity contribution in [3.8, 4) is 0 Å². The molecule has 0 amide bonds. The third kappa shape index (κ3) is 11.2. The van der Waals surface area contributed by atoms with Crippen LogP contribution in [0.25, 0.3) is 0 Å². The molecule has 3 aromatic rings. The van der Waals surface area contributed by atoms with Crippen LogP contribution in [0.15, 0.2) is 51.1 Å². The zero-order chi connectivity index (χ0) is 30.7. The van der Waals surface area contributed by atoms with E-state index in [1.165, 1.54) is 18.2 Å². The standard InChI is InChI=1S/3C6H3Cl3O3S.Fe/c3*7-3-1-2-4(13(10,11)12)6(9)5(3)8;/h3*1-2H,(H,10,11,12);/q;;;+3/p-3. The predicted octanol–water partition coefficient (Wildman–Crippen LogP) is 7.65. The quantitative estimate of drug-likeness (QED) is 0.146. The zero-order valence-electron chi connectivity index (χ0n) is 18.1. The van der Waals surface area contributed by atoms with E-state index in [0.29, 0.717) is 0 Å². The Hall–Kier alpha value is 0.519. The molecular formula is C18H6Cl9FeO9S3. The maximum absolute atomic E-state index is 10.6. The summed E-state index contributed by atoms with van der Waals surface area (Å²) in [6.45, 7) is 0. The van der Waals surface area contributed by atoms with E-state index in [9.17, 15) is 38.9 Å². The molecule has 0 spiro atoms. The van der Waals surface area contributed by atoms with Gasteiger partial charge in [0, 0.05) is 0 Å². The van der Waals surface area contributed by atoms with E-state index in [1.54, 1.807) is 0 Å². The molecule has 3 rings (SSSR count). The van der Waals surface area contributed by atoms with Gasteiger partial charge in [-0.3, -0.25) is 0 Å². The molecule has 0 saturated heterocycles. The second-order valence-corrected chi connectivity index (χ2v) is 13.9. The monoisotopic (exact) mass is 833 g/mol. The Morgan fingerprint density at radius 3 is 0.700 bits per heavy atom. The molecule has 0 fully saturated rings. The van der Waals surface area contributed by atoms with Gasteiger partial charge >= 0.3 is 17.1 Å². The van der Waals surface area contributed by atoms with Crippen LogP contribution in [0.4, 0.5) is 0 Å². The van der Waals surface area contributed by atoms with Crippen LogP contribution in [0.1, 0.15) is 0 Å². The summed E-state index contributed by atoms with van der Waals surface area (Å²) in [6, 6.07) is 6.62. The number of hydrogen-bond donors (Lipinski definition) is 0. The van der Waals surface area contributed by atoms with E-state index in [4.69, 9.17) is 104 Å². The molecule has 22 heteroatoms. The first-order chi connectivity index (χ1) is 17.5. The van der Waals surface area contributed by atoms with Crippen LogP contribution in [0.5, 0.6) is 0 Å². The zero-order valence-corrected chi connectivity index (χ0v) is 28.5. The fraction of sp³-hybridized carbons (Fsp3) is 0. The largest absolute Gasteiger partial charge is 3.00 e. The predicted molar refractivity (Wildman–Crippen MR) is 148 cm³/mol. The van der Waals surface area contributed by atoms with Gasteiger partial charge in [-0.1, -0.05) is 104 Å². The third-order valence-corrected chi connectivity index (χ3v) is 10.7. The Kier molecular flexibility index (Phi) is 16.2. The average molecular weight is 837 g/mol. The molecule has 0 aliphatic heterocycles. The molecule has 0 aliphatic rings. The van der Waals surface area contributed by atoms with Crippen LogP contribution in [0.2, 0.25) is 45.2 Å². The minimum Gasteiger partial charge on any atom is -0.744 e. The molecule has 0 aromatic heterocycles. The van der Waals surface area contributed by atoms with Crippen LogP contribution < -0.4 is 0 Å². The third-order valence-electron chi connectivity index (χ3n) is 3.81. The average Bonchev–Trinajstić information content (AvgIpc) is 2.78. The number of rotatable bonds is 3. The topological polar surface area (TPSA) is 172 Å². The second kappa shape index (κ2) is 16.0. The van der Waals surface area contributed by atoms with Crippen molar-refractivity contribution in [1.82, 2.24) is 0 Å². The molecule has 0 atom stereocenters. The van der Waals surface area contributed by atoms with Gasteiger partial charge in [0.2, 0.25) is 0 Å². The van der Waals surface area contributed by atoms with Crippen LogP contribution in [-0.2, 0) is 47.4 Å². The number of hydrogen-bond acceptors (Lipinski definition) is 9. The summed E-state index contributed by atoms with van der Waals surface area (Å²) in [6.07, 6.45) is 0. The SMILES string of the molecule is O=S(=O)([O-])c1ccc(Cl)c(Cl)c1Cl.O=S(=O)([O-])c1ccc(Cl)c(Cl)c1Cl.O=S(=O)([O-])c1ccc(Cl)c(Cl)c1Cl.[Fe+3]. The van der Waals surface area contributed by atoms with Crippen LogP contribution >= 0.6 is 104 Å². The number of benzene rings is 3. The maximum Gasteiger partial charge on any atom is 3.00 e. The molecule has 40 heavy (non-hydrogen) atoms. The first kappa shape index (κ1) is 40.5. The maximum atomic E-state index is 10.6. The van der Waals surface area contributed by atoms with Crippen molar-refractivity contribution in [2.45, 2.75) is 14.7 Å². The summed E-state index contributed by atoms with van der Waals surface area (Å²) < 4.78 is 95.2. The van der Waals surface area contributed by atoms with Crippen molar-refractivity contribution in [3.63, 3.8) is 0 Å². The van der Waals surface area contributed by atoms with E-state index >= 15 is 0 Å². The van der Waals surface area contributed by atoms with Gasteiger partial charge in [-0.05, 0) is 36.4 Å². The molecule has 221 valence electrons. The first-order valence-corrected chi connectivity index (χ1v) is 16.4. The van der Waals surface area contributed by atoms with Crippen LogP contribution in [0, 0.1) is 0 Å². The van der Waals surface area contributed by atoms with Gasteiger partial charge in [0.1, 0.15) is 30.4 Å². The van der Waals surface area contributed by atoms with E-state index in [2.05, 4.69) is 0 Å². The van der Waals surface area contributed by atoms with Gasteiger partial charge in [0.25, 0.3) is 0 Å². The van der Waals surface area contributed by atoms with Crippen molar-refractivity contribution < 1.29 is 56.0 Å². The Labute approximate surface area is 284 Å². The molecule has 0 bridgehead atoms. The Morgan fingerprint density at radius 1 is 0.375 bits per heavy atom. The van der Waals surface area contributed by atoms with E-state index < -0.39 is 45.0 Å². The van der Waals surface area contributed by atoms with Gasteiger partial charge in [-0.2, -0.15) is 0 Å².